The van der Waals surface area contributed by atoms with Gasteiger partial charge in [-0.05, 0) is 24.0 Å². The molecule has 16 heavy (non-hydrogen) atoms. The molecule has 86 valence electrons. The Hall–Kier alpha value is -1.51. The molecule has 1 amide bonds. The maximum atomic E-state index is 11.5. The molecule has 0 spiro atoms. The van der Waals surface area contributed by atoms with Gasteiger partial charge in [0.25, 0.3) is 0 Å². The number of carbonyl (C=O) groups is 1. The maximum absolute atomic E-state index is 11.5. The van der Waals surface area contributed by atoms with Crippen molar-refractivity contribution < 1.29 is 4.79 Å². The second-order valence-electron chi connectivity index (χ2n) is 5.33. The highest BCUT2D eigenvalue weighted by molar-refractivity contribution is 6.03. The zero-order chi connectivity index (χ0) is 11.9. The van der Waals surface area contributed by atoms with Gasteiger partial charge in [0.05, 0.1) is 11.4 Å². The van der Waals surface area contributed by atoms with Crippen LogP contribution in [0.15, 0.2) is 18.2 Å². The van der Waals surface area contributed by atoms with Gasteiger partial charge in [-0.3, -0.25) is 4.79 Å². The molecule has 0 saturated heterocycles. The highest BCUT2D eigenvalue weighted by Crippen LogP contribution is 2.37. The summed E-state index contributed by atoms with van der Waals surface area (Å²) in [4.78, 5) is 11.5. The second kappa shape index (κ2) is 3.51. The molecular formula is C13H18N2O. The lowest BCUT2D eigenvalue weighted by atomic mass is 9.84. The first-order valence-electron chi connectivity index (χ1n) is 5.60. The van der Waals surface area contributed by atoms with Gasteiger partial charge in [0.15, 0.2) is 0 Å². The average molecular weight is 218 g/mol. The van der Waals surface area contributed by atoms with Gasteiger partial charge in [-0.15, -0.1) is 0 Å². The van der Waals surface area contributed by atoms with Crippen molar-refractivity contribution in [2.24, 2.45) is 0 Å². The van der Waals surface area contributed by atoms with Crippen LogP contribution >= 0.6 is 0 Å². The summed E-state index contributed by atoms with van der Waals surface area (Å²) >= 11 is 0. The van der Waals surface area contributed by atoms with E-state index in [4.69, 9.17) is 0 Å². The molecule has 3 heteroatoms. The van der Waals surface area contributed by atoms with E-state index in [2.05, 4.69) is 37.5 Å². The van der Waals surface area contributed by atoms with Crippen molar-refractivity contribution in [1.29, 1.82) is 0 Å². The molecule has 0 fully saturated rings. The number of nitrogens with one attached hydrogen (secondary N) is 2. The van der Waals surface area contributed by atoms with Crippen molar-refractivity contribution >= 4 is 17.3 Å². The van der Waals surface area contributed by atoms with Gasteiger partial charge in [0.2, 0.25) is 5.91 Å². The highest BCUT2D eigenvalue weighted by Gasteiger charge is 2.27. The Morgan fingerprint density at radius 3 is 2.56 bits per heavy atom. The molecule has 0 radical (unpaired) electrons. The van der Waals surface area contributed by atoms with E-state index in [1.807, 2.05) is 19.1 Å². The molecule has 3 nitrogen and oxygen atoms in total. The first-order valence-corrected chi connectivity index (χ1v) is 5.60. The lowest BCUT2D eigenvalue weighted by Gasteiger charge is -2.31. The van der Waals surface area contributed by atoms with E-state index in [1.54, 1.807) is 0 Å². The number of para-hydroxylation sites is 1. The molecule has 1 aromatic rings. The number of hydrogen-bond acceptors (Lipinski definition) is 2. The van der Waals surface area contributed by atoms with Crippen LogP contribution in [0.25, 0.3) is 0 Å². The molecule has 1 atom stereocenters. The SMILES string of the molecule is C[C@@H]1Nc2c(cccc2C(C)(C)C)NC1=O. The minimum absolute atomic E-state index is 0.0264. The molecule has 1 aliphatic rings. The van der Waals surface area contributed by atoms with Gasteiger partial charge in [-0.25, -0.2) is 0 Å². The fourth-order valence-electron chi connectivity index (χ4n) is 1.96. The summed E-state index contributed by atoms with van der Waals surface area (Å²) in [7, 11) is 0. The largest absolute Gasteiger partial charge is 0.372 e. The minimum Gasteiger partial charge on any atom is -0.372 e. The van der Waals surface area contributed by atoms with E-state index in [0.29, 0.717) is 0 Å². The van der Waals surface area contributed by atoms with E-state index in [1.165, 1.54) is 5.56 Å². The lowest BCUT2D eigenvalue weighted by Crippen LogP contribution is -2.37. The Balaban J connectivity index is 2.53. The standard InChI is InChI=1S/C13H18N2O/c1-8-12(16)15-10-7-5-6-9(11(10)14-8)13(2,3)4/h5-8,14H,1-4H3,(H,15,16)/t8-/m0/s1. The monoisotopic (exact) mass is 218 g/mol. The minimum atomic E-state index is -0.170. The van der Waals surface area contributed by atoms with Gasteiger partial charge in [-0.1, -0.05) is 32.9 Å². The molecule has 0 saturated carbocycles. The number of rotatable bonds is 0. The van der Waals surface area contributed by atoms with Crippen molar-refractivity contribution in [2.75, 3.05) is 10.6 Å². The molecule has 2 rings (SSSR count). The fraction of sp³-hybridized carbons (Fsp3) is 0.462. The average Bonchev–Trinajstić information content (AvgIpc) is 2.17. The van der Waals surface area contributed by atoms with Crippen molar-refractivity contribution in [1.82, 2.24) is 0 Å². The third-order valence-electron chi connectivity index (χ3n) is 2.88. The number of amides is 1. The molecule has 1 aromatic carbocycles. The van der Waals surface area contributed by atoms with Gasteiger partial charge in [0, 0.05) is 0 Å². The first kappa shape index (κ1) is 11.0. The van der Waals surface area contributed by atoms with Crippen LogP contribution in [-0.4, -0.2) is 11.9 Å². The number of benzene rings is 1. The fourth-order valence-corrected chi connectivity index (χ4v) is 1.96. The molecule has 1 aliphatic heterocycles. The molecule has 1 heterocycles. The topological polar surface area (TPSA) is 41.1 Å². The van der Waals surface area contributed by atoms with E-state index >= 15 is 0 Å². The third kappa shape index (κ3) is 1.77. The van der Waals surface area contributed by atoms with Gasteiger partial charge < -0.3 is 10.6 Å². The van der Waals surface area contributed by atoms with Crippen LogP contribution in [0.3, 0.4) is 0 Å². The summed E-state index contributed by atoms with van der Waals surface area (Å²) in [6, 6.07) is 5.85. The summed E-state index contributed by atoms with van der Waals surface area (Å²) in [6.45, 7) is 8.39. The van der Waals surface area contributed by atoms with Crippen molar-refractivity contribution in [3.05, 3.63) is 23.8 Å². The Morgan fingerprint density at radius 2 is 1.94 bits per heavy atom. The smallest absolute Gasteiger partial charge is 0.246 e. The summed E-state index contributed by atoms with van der Waals surface area (Å²) in [6.07, 6.45) is 0. The van der Waals surface area contributed by atoms with Gasteiger partial charge in [-0.2, -0.15) is 0 Å². The highest BCUT2D eigenvalue weighted by atomic mass is 16.2. The summed E-state index contributed by atoms with van der Waals surface area (Å²) in [5.41, 5.74) is 3.25. The van der Waals surface area contributed by atoms with Crippen LogP contribution in [0.5, 0.6) is 0 Å². The Bertz CT molecular complexity index is 432. The van der Waals surface area contributed by atoms with E-state index in [9.17, 15) is 4.79 Å². The van der Waals surface area contributed by atoms with Crippen molar-refractivity contribution in [3.63, 3.8) is 0 Å². The van der Waals surface area contributed by atoms with Crippen LogP contribution in [0.2, 0.25) is 0 Å². The summed E-state index contributed by atoms with van der Waals surface area (Å²) in [5, 5.41) is 6.19. The lowest BCUT2D eigenvalue weighted by molar-refractivity contribution is -0.116. The van der Waals surface area contributed by atoms with Gasteiger partial charge in [0.1, 0.15) is 6.04 Å². The van der Waals surface area contributed by atoms with E-state index in [0.717, 1.165) is 11.4 Å². The molecular weight excluding hydrogens is 200 g/mol. The predicted molar refractivity (Wildman–Crippen MR) is 66.9 cm³/mol. The van der Waals surface area contributed by atoms with Crippen LogP contribution in [0, 0.1) is 0 Å². The van der Waals surface area contributed by atoms with E-state index in [-0.39, 0.29) is 17.4 Å². The Labute approximate surface area is 96.2 Å². The van der Waals surface area contributed by atoms with Crippen LogP contribution in [0.1, 0.15) is 33.3 Å². The maximum Gasteiger partial charge on any atom is 0.246 e. The van der Waals surface area contributed by atoms with Crippen LogP contribution in [-0.2, 0) is 10.2 Å². The molecule has 0 unspecified atom stereocenters. The summed E-state index contributed by atoms with van der Waals surface area (Å²) in [5.74, 6) is 0.0264. The zero-order valence-corrected chi connectivity index (χ0v) is 10.2. The van der Waals surface area contributed by atoms with Crippen LogP contribution < -0.4 is 10.6 Å². The normalized spacial score (nSPS) is 19.8. The molecule has 0 aliphatic carbocycles. The Morgan fingerprint density at radius 1 is 1.25 bits per heavy atom. The number of hydrogen-bond donors (Lipinski definition) is 2. The summed E-state index contributed by atoms with van der Waals surface area (Å²) < 4.78 is 0. The van der Waals surface area contributed by atoms with E-state index < -0.39 is 0 Å². The Kier molecular flexibility index (Phi) is 2.41. The third-order valence-corrected chi connectivity index (χ3v) is 2.88. The molecule has 2 N–H and O–H groups in total. The first-order chi connectivity index (χ1) is 7.39. The van der Waals surface area contributed by atoms with Gasteiger partial charge >= 0.3 is 0 Å². The number of fused-ring (bicyclic) bond motifs is 1. The second-order valence-corrected chi connectivity index (χ2v) is 5.33. The van der Waals surface area contributed by atoms with Crippen LogP contribution in [0.4, 0.5) is 11.4 Å². The van der Waals surface area contributed by atoms with Crippen molar-refractivity contribution in [3.8, 4) is 0 Å². The van der Waals surface area contributed by atoms with Crippen molar-refractivity contribution in [2.45, 2.75) is 39.2 Å². The molecule has 0 aromatic heterocycles. The number of anilines is 2. The zero-order valence-electron chi connectivity index (χ0n) is 10.2. The predicted octanol–water partition coefficient (Wildman–Crippen LogP) is 2.74. The quantitative estimate of drug-likeness (QED) is 0.703. The number of carbonyl (C=O) groups excluding carboxylic acids is 1. The molecule has 0 bridgehead atoms.